The Morgan fingerprint density at radius 3 is 2.62 bits per heavy atom. The predicted octanol–water partition coefficient (Wildman–Crippen LogP) is 3.32. The van der Waals surface area contributed by atoms with Gasteiger partial charge >= 0.3 is 12.0 Å². The lowest BCUT2D eigenvalue weighted by atomic mass is 10.2. The van der Waals surface area contributed by atoms with E-state index in [9.17, 15) is 14.4 Å². The highest BCUT2D eigenvalue weighted by Crippen LogP contribution is 2.15. The van der Waals surface area contributed by atoms with Crippen molar-refractivity contribution in [2.45, 2.75) is 39.2 Å². The summed E-state index contributed by atoms with van der Waals surface area (Å²) in [5, 5.41) is 10.1. The van der Waals surface area contributed by atoms with E-state index in [1.54, 1.807) is 12.3 Å². The van der Waals surface area contributed by atoms with Crippen LogP contribution in [0.1, 0.15) is 48.7 Å². The van der Waals surface area contributed by atoms with Crippen LogP contribution < -0.4 is 16.0 Å². The van der Waals surface area contributed by atoms with Crippen molar-refractivity contribution in [2.24, 2.45) is 0 Å². The molecule has 0 saturated heterocycles. The summed E-state index contributed by atoms with van der Waals surface area (Å²) < 4.78 is 4.86. The first-order valence-corrected chi connectivity index (χ1v) is 10.4. The number of nitrogens with zero attached hydrogens (tertiary/aromatic N) is 1. The van der Waals surface area contributed by atoms with Gasteiger partial charge in [-0.15, -0.1) is 11.3 Å². The van der Waals surface area contributed by atoms with E-state index in [0.29, 0.717) is 31.2 Å². The fraction of sp³-hybridized carbons (Fsp3) is 0.400. The topological polar surface area (TPSA) is 109 Å². The minimum atomic E-state index is -0.378. The van der Waals surface area contributed by atoms with E-state index in [2.05, 4.69) is 20.9 Å². The van der Waals surface area contributed by atoms with Gasteiger partial charge in [-0.1, -0.05) is 36.8 Å². The van der Waals surface area contributed by atoms with Crippen molar-refractivity contribution in [3.8, 4) is 0 Å². The molecule has 0 fully saturated rings. The molecule has 1 aromatic heterocycles. The second kappa shape index (κ2) is 12.5. The Morgan fingerprint density at radius 1 is 1.07 bits per heavy atom. The summed E-state index contributed by atoms with van der Waals surface area (Å²) in [5.41, 5.74) is 1.25. The highest BCUT2D eigenvalue weighted by molar-refractivity contribution is 7.14. The van der Waals surface area contributed by atoms with Gasteiger partial charge in [0, 0.05) is 24.9 Å². The SMILES string of the molecule is CCOC(=O)CCCCCNC(=O)c1csc(NC(=O)NCc2ccccc2)n1. The zero-order valence-corrected chi connectivity index (χ0v) is 17.2. The van der Waals surface area contributed by atoms with E-state index in [4.69, 9.17) is 4.74 Å². The van der Waals surface area contributed by atoms with Crippen LogP contribution in [0.5, 0.6) is 0 Å². The minimum absolute atomic E-state index is 0.188. The monoisotopic (exact) mass is 418 g/mol. The number of rotatable bonds is 11. The molecule has 0 aliphatic heterocycles. The molecule has 0 saturated carbocycles. The molecule has 1 heterocycles. The summed E-state index contributed by atoms with van der Waals surface area (Å²) in [6.07, 6.45) is 2.72. The van der Waals surface area contributed by atoms with Crippen molar-refractivity contribution >= 4 is 34.4 Å². The van der Waals surface area contributed by atoms with Gasteiger partial charge in [0.05, 0.1) is 6.61 Å². The third-order valence-corrected chi connectivity index (χ3v) is 4.66. The van der Waals surface area contributed by atoms with Crippen LogP contribution in [0.4, 0.5) is 9.93 Å². The number of ether oxygens (including phenoxy) is 1. The van der Waals surface area contributed by atoms with Crippen LogP contribution in [-0.2, 0) is 16.1 Å². The molecule has 29 heavy (non-hydrogen) atoms. The minimum Gasteiger partial charge on any atom is -0.466 e. The number of urea groups is 1. The van der Waals surface area contributed by atoms with Gasteiger partial charge in [-0.3, -0.25) is 14.9 Å². The molecule has 0 aliphatic rings. The molecule has 3 amide bonds. The van der Waals surface area contributed by atoms with Crippen molar-refractivity contribution in [2.75, 3.05) is 18.5 Å². The van der Waals surface area contributed by atoms with Gasteiger partial charge in [0.1, 0.15) is 5.69 Å². The fourth-order valence-electron chi connectivity index (χ4n) is 2.45. The number of hydrogen-bond acceptors (Lipinski definition) is 6. The number of amides is 3. The maximum absolute atomic E-state index is 12.1. The molecular formula is C20H26N4O4S. The maximum Gasteiger partial charge on any atom is 0.321 e. The second-order valence-electron chi connectivity index (χ2n) is 6.20. The largest absolute Gasteiger partial charge is 0.466 e. The molecule has 0 unspecified atom stereocenters. The van der Waals surface area contributed by atoms with Crippen LogP contribution in [0.25, 0.3) is 0 Å². The summed E-state index contributed by atoms with van der Waals surface area (Å²) in [4.78, 5) is 39.4. The number of unbranched alkanes of at least 4 members (excludes halogenated alkanes) is 2. The Kier molecular flexibility index (Phi) is 9.64. The number of anilines is 1. The summed E-state index contributed by atoms with van der Waals surface area (Å²) in [6, 6.07) is 9.18. The van der Waals surface area contributed by atoms with E-state index in [1.165, 1.54) is 11.3 Å². The van der Waals surface area contributed by atoms with Crippen molar-refractivity contribution in [1.29, 1.82) is 0 Å². The Balaban J connectivity index is 1.63. The van der Waals surface area contributed by atoms with E-state index in [1.807, 2.05) is 30.3 Å². The van der Waals surface area contributed by atoms with Gasteiger partial charge in [0.2, 0.25) is 0 Å². The predicted molar refractivity (Wildman–Crippen MR) is 112 cm³/mol. The first kappa shape index (κ1) is 22.4. The molecular weight excluding hydrogens is 392 g/mol. The molecule has 3 N–H and O–H groups in total. The number of hydrogen-bond donors (Lipinski definition) is 3. The summed E-state index contributed by atoms with van der Waals surface area (Å²) in [7, 11) is 0. The third-order valence-electron chi connectivity index (χ3n) is 3.90. The molecule has 2 rings (SSSR count). The highest BCUT2D eigenvalue weighted by Gasteiger charge is 2.12. The van der Waals surface area contributed by atoms with Crippen LogP contribution in [0.2, 0.25) is 0 Å². The van der Waals surface area contributed by atoms with Crippen molar-refractivity contribution in [3.63, 3.8) is 0 Å². The van der Waals surface area contributed by atoms with Crippen molar-refractivity contribution in [1.82, 2.24) is 15.6 Å². The Labute approximate surface area is 174 Å². The summed E-state index contributed by atoms with van der Waals surface area (Å²) >= 11 is 1.19. The number of carbonyl (C=O) groups is 3. The standard InChI is InChI=1S/C20H26N4O4S/c1-2-28-17(25)11-7-4-8-12-21-18(26)16-14-29-20(23-16)24-19(27)22-13-15-9-5-3-6-10-15/h3,5-6,9-10,14H,2,4,7-8,11-13H2,1H3,(H,21,26)(H2,22,23,24,27). The molecule has 0 aliphatic carbocycles. The molecule has 8 nitrogen and oxygen atoms in total. The smallest absolute Gasteiger partial charge is 0.321 e. The van der Waals surface area contributed by atoms with Gasteiger partial charge in [-0.25, -0.2) is 9.78 Å². The maximum atomic E-state index is 12.1. The Bertz CT molecular complexity index is 795. The number of nitrogens with one attached hydrogen (secondary N) is 3. The zero-order valence-electron chi connectivity index (χ0n) is 16.4. The number of aromatic nitrogens is 1. The van der Waals surface area contributed by atoms with Gasteiger partial charge < -0.3 is 15.4 Å². The lowest BCUT2D eigenvalue weighted by Crippen LogP contribution is -2.28. The molecule has 0 bridgehead atoms. The van der Waals surface area contributed by atoms with Crippen LogP contribution in [0.3, 0.4) is 0 Å². The molecule has 1 aromatic carbocycles. The molecule has 156 valence electrons. The average molecular weight is 419 g/mol. The Morgan fingerprint density at radius 2 is 1.86 bits per heavy atom. The van der Waals surface area contributed by atoms with E-state index in [0.717, 1.165) is 24.8 Å². The van der Waals surface area contributed by atoms with Crippen LogP contribution in [0, 0.1) is 0 Å². The van der Waals surface area contributed by atoms with E-state index in [-0.39, 0.29) is 23.6 Å². The van der Waals surface area contributed by atoms with Crippen LogP contribution in [-0.4, -0.2) is 36.0 Å². The summed E-state index contributed by atoms with van der Waals surface area (Å²) in [6.45, 7) is 3.08. The van der Waals surface area contributed by atoms with Gasteiger partial charge in [0.25, 0.3) is 5.91 Å². The second-order valence-corrected chi connectivity index (χ2v) is 7.06. The quantitative estimate of drug-likeness (QED) is 0.383. The molecule has 2 aromatic rings. The lowest BCUT2D eigenvalue weighted by Gasteiger charge is -2.05. The Hall–Kier alpha value is -2.94. The lowest BCUT2D eigenvalue weighted by molar-refractivity contribution is -0.143. The van der Waals surface area contributed by atoms with E-state index >= 15 is 0 Å². The van der Waals surface area contributed by atoms with Crippen molar-refractivity contribution in [3.05, 3.63) is 47.0 Å². The van der Waals surface area contributed by atoms with Crippen LogP contribution in [0.15, 0.2) is 35.7 Å². The van der Waals surface area contributed by atoms with Gasteiger partial charge in [-0.05, 0) is 25.3 Å². The average Bonchev–Trinajstić information content (AvgIpc) is 3.18. The zero-order chi connectivity index (χ0) is 20.9. The molecule has 9 heteroatoms. The van der Waals surface area contributed by atoms with Gasteiger partial charge in [0.15, 0.2) is 5.13 Å². The number of carbonyl (C=O) groups excluding carboxylic acids is 3. The summed E-state index contributed by atoms with van der Waals surface area (Å²) in [5.74, 6) is -0.476. The fourth-order valence-corrected chi connectivity index (χ4v) is 3.14. The molecule has 0 spiro atoms. The molecule has 0 atom stereocenters. The number of benzene rings is 1. The highest BCUT2D eigenvalue weighted by atomic mass is 32.1. The van der Waals surface area contributed by atoms with Crippen LogP contribution >= 0.6 is 11.3 Å². The normalized spacial score (nSPS) is 10.2. The van der Waals surface area contributed by atoms with Gasteiger partial charge in [-0.2, -0.15) is 0 Å². The third kappa shape index (κ3) is 8.73. The first-order valence-electron chi connectivity index (χ1n) is 9.56. The van der Waals surface area contributed by atoms with Crippen molar-refractivity contribution < 1.29 is 19.1 Å². The van der Waals surface area contributed by atoms with E-state index < -0.39 is 0 Å². The number of esters is 1. The first-order chi connectivity index (χ1) is 14.1. The number of thiazole rings is 1. The molecule has 0 radical (unpaired) electrons.